The molecule has 26 heavy (non-hydrogen) atoms. The van der Waals surface area contributed by atoms with Gasteiger partial charge in [-0.3, -0.25) is 4.42 Å². The topological polar surface area (TPSA) is 64.2 Å². The fourth-order valence-electron chi connectivity index (χ4n) is 3.69. The van der Waals surface area contributed by atoms with E-state index in [1.54, 1.807) is 10.8 Å². The standard InChI is InChI=1S/C17H16ClN7O/c1-17(6-7-17)15-20-16(21-26-15)24-9-19-14-11-4-2-3-5-12(11)23-10-22(18)8-13(23)25(14)24/h2-5,8-9,14H,6-7,10H2,1H3. The van der Waals surface area contributed by atoms with Crippen LogP contribution in [0.5, 0.6) is 0 Å². The van der Waals surface area contributed by atoms with E-state index in [0.717, 1.165) is 29.9 Å². The average molecular weight is 370 g/mol. The van der Waals surface area contributed by atoms with Crippen molar-refractivity contribution < 1.29 is 4.52 Å². The molecule has 0 radical (unpaired) electrons. The van der Waals surface area contributed by atoms with E-state index in [-0.39, 0.29) is 11.6 Å². The first-order chi connectivity index (χ1) is 12.6. The molecule has 1 unspecified atom stereocenters. The number of hydrogen-bond donors (Lipinski definition) is 0. The third-order valence-corrected chi connectivity index (χ3v) is 5.67. The largest absolute Gasteiger partial charge is 0.337 e. The lowest BCUT2D eigenvalue weighted by Gasteiger charge is -2.41. The van der Waals surface area contributed by atoms with Gasteiger partial charge in [-0.1, -0.05) is 25.1 Å². The maximum atomic E-state index is 6.29. The number of anilines is 2. The molecule has 1 aromatic carbocycles. The Bertz CT molecular complexity index is 966. The van der Waals surface area contributed by atoms with E-state index in [9.17, 15) is 0 Å². The zero-order chi connectivity index (χ0) is 17.5. The van der Waals surface area contributed by atoms with Gasteiger partial charge in [-0.15, -0.1) is 0 Å². The summed E-state index contributed by atoms with van der Waals surface area (Å²) >= 11 is 6.29. The normalized spacial score (nSPS) is 24.5. The number of rotatable bonds is 2. The fraction of sp³-hybridized carbons (Fsp3) is 0.353. The number of hydrazine groups is 1. The Hall–Kier alpha value is -2.74. The van der Waals surface area contributed by atoms with Crippen LogP contribution >= 0.6 is 11.8 Å². The SMILES string of the molecule is CC1(c2nc(N3C=NC4c5ccccc5N5CN(Cl)C=C5N43)no2)CC1. The molecule has 4 heterocycles. The van der Waals surface area contributed by atoms with Crippen molar-refractivity contribution >= 4 is 29.8 Å². The highest BCUT2D eigenvalue weighted by atomic mass is 35.5. The minimum absolute atomic E-state index is 0.0294. The number of aliphatic imine (C=N–C) groups is 1. The number of halogens is 1. The highest BCUT2D eigenvalue weighted by molar-refractivity contribution is 6.14. The van der Waals surface area contributed by atoms with Crippen LogP contribution in [0.1, 0.15) is 37.4 Å². The Morgan fingerprint density at radius 3 is 2.96 bits per heavy atom. The van der Waals surface area contributed by atoms with Crippen molar-refractivity contribution in [3.63, 3.8) is 0 Å². The lowest BCUT2D eigenvalue weighted by molar-refractivity contribution is 0.275. The smallest absolute Gasteiger partial charge is 0.290 e. The van der Waals surface area contributed by atoms with E-state index < -0.39 is 0 Å². The lowest BCUT2D eigenvalue weighted by Crippen LogP contribution is -2.47. The second-order valence-electron chi connectivity index (χ2n) is 7.30. The Morgan fingerprint density at radius 1 is 1.27 bits per heavy atom. The summed E-state index contributed by atoms with van der Waals surface area (Å²) in [6.45, 7) is 2.72. The molecular formula is C17H16ClN7O. The van der Waals surface area contributed by atoms with Crippen molar-refractivity contribution in [2.75, 3.05) is 16.6 Å². The predicted octanol–water partition coefficient (Wildman–Crippen LogP) is 2.93. The summed E-state index contributed by atoms with van der Waals surface area (Å²) in [5.74, 6) is 2.12. The zero-order valence-corrected chi connectivity index (χ0v) is 14.8. The Morgan fingerprint density at radius 2 is 2.12 bits per heavy atom. The first-order valence-corrected chi connectivity index (χ1v) is 8.94. The summed E-state index contributed by atoms with van der Waals surface area (Å²) in [6.07, 6.45) is 5.66. The van der Waals surface area contributed by atoms with Crippen LogP contribution in [-0.4, -0.2) is 32.6 Å². The van der Waals surface area contributed by atoms with Gasteiger partial charge < -0.3 is 9.42 Å². The fourth-order valence-corrected chi connectivity index (χ4v) is 3.89. The maximum Gasteiger partial charge on any atom is 0.290 e. The summed E-state index contributed by atoms with van der Waals surface area (Å²) in [6, 6.07) is 8.24. The number of benzene rings is 1. The molecular weight excluding hydrogens is 354 g/mol. The first-order valence-electron chi connectivity index (χ1n) is 8.61. The number of fused-ring (bicyclic) bond motifs is 6. The molecule has 6 rings (SSSR count). The molecule has 1 aliphatic carbocycles. The van der Waals surface area contributed by atoms with Gasteiger partial charge in [-0.05, 0) is 24.1 Å². The van der Waals surface area contributed by atoms with Crippen molar-refractivity contribution in [3.8, 4) is 0 Å². The molecule has 2 aromatic rings. The van der Waals surface area contributed by atoms with Crippen LogP contribution in [0.15, 0.2) is 45.8 Å². The highest BCUT2D eigenvalue weighted by Gasteiger charge is 2.47. The van der Waals surface area contributed by atoms with Gasteiger partial charge in [0.05, 0.1) is 11.9 Å². The minimum atomic E-state index is -0.171. The Labute approximate surface area is 155 Å². The van der Waals surface area contributed by atoms with E-state index in [2.05, 4.69) is 39.1 Å². The molecule has 0 saturated heterocycles. The maximum absolute atomic E-state index is 6.29. The monoisotopic (exact) mass is 369 g/mol. The van der Waals surface area contributed by atoms with E-state index in [1.807, 2.05) is 23.3 Å². The first kappa shape index (κ1) is 14.4. The molecule has 1 fully saturated rings. The summed E-state index contributed by atoms with van der Waals surface area (Å²) in [7, 11) is 0. The van der Waals surface area contributed by atoms with E-state index in [1.165, 1.54) is 0 Å². The molecule has 0 N–H and O–H groups in total. The average Bonchev–Trinajstić information content (AvgIpc) is 3.05. The molecule has 4 aliphatic rings. The van der Waals surface area contributed by atoms with Gasteiger partial charge in [0.25, 0.3) is 5.95 Å². The van der Waals surface area contributed by atoms with Crippen LogP contribution in [0, 0.1) is 0 Å². The van der Waals surface area contributed by atoms with E-state index >= 15 is 0 Å². The lowest BCUT2D eigenvalue weighted by atomic mass is 10.1. The van der Waals surface area contributed by atoms with Crippen LogP contribution in [0.3, 0.4) is 0 Å². The third-order valence-electron chi connectivity index (χ3n) is 5.47. The van der Waals surface area contributed by atoms with Gasteiger partial charge in [-0.2, -0.15) is 4.98 Å². The summed E-state index contributed by atoms with van der Waals surface area (Å²) in [5.41, 5.74) is 2.26. The van der Waals surface area contributed by atoms with Gasteiger partial charge in [0.1, 0.15) is 18.8 Å². The predicted molar refractivity (Wildman–Crippen MR) is 96.0 cm³/mol. The van der Waals surface area contributed by atoms with Crippen LogP contribution in [0.25, 0.3) is 0 Å². The summed E-state index contributed by atoms with van der Waals surface area (Å²) in [4.78, 5) is 11.5. The van der Waals surface area contributed by atoms with Gasteiger partial charge >= 0.3 is 0 Å². The van der Waals surface area contributed by atoms with Crippen LogP contribution in [-0.2, 0) is 5.41 Å². The van der Waals surface area contributed by atoms with E-state index in [4.69, 9.17) is 21.3 Å². The molecule has 8 nitrogen and oxygen atoms in total. The molecule has 132 valence electrons. The molecule has 1 atom stereocenters. The van der Waals surface area contributed by atoms with Gasteiger partial charge in [-0.25, -0.2) is 15.0 Å². The number of hydrogen-bond acceptors (Lipinski definition) is 8. The molecule has 1 saturated carbocycles. The number of nitrogens with zero attached hydrogens (tertiary/aromatic N) is 7. The van der Waals surface area contributed by atoms with Crippen LogP contribution in [0.2, 0.25) is 0 Å². The van der Waals surface area contributed by atoms with Crippen molar-refractivity contribution in [1.29, 1.82) is 0 Å². The number of aromatic nitrogens is 2. The second-order valence-corrected chi connectivity index (χ2v) is 7.74. The van der Waals surface area contributed by atoms with Gasteiger partial charge in [0.2, 0.25) is 5.89 Å². The second kappa shape index (κ2) is 4.70. The number of para-hydroxylation sites is 1. The minimum Gasteiger partial charge on any atom is -0.337 e. The van der Waals surface area contributed by atoms with Crippen molar-refractivity contribution in [2.45, 2.75) is 31.3 Å². The zero-order valence-electron chi connectivity index (χ0n) is 14.1. The van der Waals surface area contributed by atoms with Gasteiger partial charge in [0, 0.05) is 22.8 Å². The Kier molecular flexibility index (Phi) is 2.61. The quantitative estimate of drug-likeness (QED) is 0.754. The molecule has 9 heteroatoms. The molecule has 0 bridgehead atoms. The van der Waals surface area contributed by atoms with Crippen molar-refractivity contribution in [3.05, 3.63) is 47.7 Å². The molecule has 3 aliphatic heterocycles. The van der Waals surface area contributed by atoms with Crippen molar-refractivity contribution in [1.82, 2.24) is 19.6 Å². The Balaban J connectivity index is 1.44. The van der Waals surface area contributed by atoms with Gasteiger partial charge in [0.15, 0.2) is 6.17 Å². The van der Waals surface area contributed by atoms with E-state index in [0.29, 0.717) is 18.5 Å². The molecule has 0 amide bonds. The van der Waals surface area contributed by atoms with Crippen LogP contribution < -0.4 is 9.91 Å². The summed E-state index contributed by atoms with van der Waals surface area (Å²) in [5, 5.41) is 8.09. The third kappa shape index (κ3) is 1.82. The highest BCUT2D eigenvalue weighted by Crippen LogP contribution is 2.49. The molecule has 1 aromatic heterocycles. The molecule has 0 spiro atoms. The van der Waals surface area contributed by atoms with Crippen molar-refractivity contribution in [2.24, 2.45) is 4.99 Å². The van der Waals surface area contributed by atoms with Crippen LogP contribution in [0.4, 0.5) is 11.6 Å². The summed E-state index contributed by atoms with van der Waals surface area (Å²) < 4.78 is 7.16.